The minimum absolute atomic E-state index is 0.0828. The standard InChI is InChI=1S/C19H16N2O2S/c22-12-16-9-14-8-15(6-7-18(14)23-16)20-10-17-11-21-19(24-17)13-4-2-1-3-5-13/h1-9,11,20,22H,10,12H2. The summed E-state index contributed by atoms with van der Waals surface area (Å²) in [6.07, 6.45) is 1.92. The molecule has 0 amide bonds. The zero-order valence-electron chi connectivity index (χ0n) is 12.9. The number of fused-ring (bicyclic) bond motifs is 1. The average Bonchev–Trinajstić information content (AvgIpc) is 3.27. The zero-order valence-corrected chi connectivity index (χ0v) is 13.7. The molecule has 2 aromatic carbocycles. The van der Waals surface area contributed by atoms with Gasteiger partial charge in [-0.05, 0) is 24.3 Å². The molecular weight excluding hydrogens is 320 g/mol. The van der Waals surface area contributed by atoms with Crippen LogP contribution in [0.2, 0.25) is 0 Å². The van der Waals surface area contributed by atoms with Crippen LogP contribution in [0.3, 0.4) is 0 Å². The molecule has 0 aliphatic rings. The molecule has 2 aromatic heterocycles. The normalized spacial score (nSPS) is 11.0. The van der Waals surface area contributed by atoms with Gasteiger partial charge in [0.15, 0.2) is 0 Å². The molecule has 0 radical (unpaired) electrons. The van der Waals surface area contributed by atoms with Crippen molar-refractivity contribution in [2.75, 3.05) is 5.32 Å². The quantitative estimate of drug-likeness (QED) is 0.556. The van der Waals surface area contributed by atoms with Gasteiger partial charge in [-0.3, -0.25) is 0 Å². The SMILES string of the molecule is OCc1cc2cc(NCc3cnc(-c4ccccc4)s3)ccc2o1. The maximum atomic E-state index is 9.14. The van der Waals surface area contributed by atoms with E-state index in [9.17, 15) is 0 Å². The maximum Gasteiger partial charge on any atom is 0.134 e. The lowest BCUT2D eigenvalue weighted by atomic mass is 10.2. The Morgan fingerprint density at radius 3 is 2.79 bits per heavy atom. The van der Waals surface area contributed by atoms with Crippen molar-refractivity contribution in [3.05, 3.63) is 71.4 Å². The van der Waals surface area contributed by atoms with E-state index in [1.165, 1.54) is 4.88 Å². The summed E-state index contributed by atoms with van der Waals surface area (Å²) in [4.78, 5) is 5.68. The predicted molar refractivity (Wildman–Crippen MR) is 97.0 cm³/mol. The fourth-order valence-corrected chi connectivity index (χ4v) is 3.44. The van der Waals surface area contributed by atoms with E-state index in [-0.39, 0.29) is 6.61 Å². The number of anilines is 1. The molecule has 0 fully saturated rings. The van der Waals surface area contributed by atoms with Crippen LogP contribution in [0.15, 0.2) is 65.2 Å². The molecule has 0 aliphatic carbocycles. The Labute approximate surface area is 143 Å². The van der Waals surface area contributed by atoms with Crippen molar-refractivity contribution in [1.82, 2.24) is 4.98 Å². The molecule has 24 heavy (non-hydrogen) atoms. The number of hydrogen-bond acceptors (Lipinski definition) is 5. The van der Waals surface area contributed by atoms with Crippen LogP contribution in [0.5, 0.6) is 0 Å². The van der Waals surface area contributed by atoms with Gasteiger partial charge in [-0.2, -0.15) is 0 Å². The topological polar surface area (TPSA) is 58.3 Å². The number of hydrogen-bond donors (Lipinski definition) is 2. The number of aliphatic hydroxyl groups excluding tert-OH is 1. The van der Waals surface area contributed by atoms with Gasteiger partial charge in [-0.15, -0.1) is 11.3 Å². The summed E-state index contributed by atoms with van der Waals surface area (Å²) in [5.41, 5.74) is 2.95. The Balaban J connectivity index is 1.48. The molecule has 4 rings (SSSR count). The van der Waals surface area contributed by atoms with Gasteiger partial charge in [0.25, 0.3) is 0 Å². The Morgan fingerprint density at radius 2 is 1.96 bits per heavy atom. The number of nitrogens with zero attached hydrogens (tertiary/aromatic N) is 1. The largest absolute Gasteiger partial charge is 0.459 e. The smallest absolute Gasteiger partial charge is 0.134 e. The van der Waals surface area contributed by atoms with Gasteiger partial charge < -0.3 is 14.8 Å². The summed E-state index contributed by atoms with van der Waals surface area (Å²) in [5, 5.41) is 14.6. The van der Waals surface area contributed by atoms with Gasteiger partial charge in [0, 0.05) is 27.7 Å². The molecule has 0 unspecified atom stereocenters. The van der Waals surface area contributed by atoms with Crippen molar-refractivity contribution in [1.29, 1.82) is 0 Å². The first-order chi connectivity index (χ1) is 11.8. The molecule has 120 valence electrons. The van der Waals surface area contributed by atoms with Crippen LogP contribution < -0.4 is 5.32 Å². The van der Waals surface area contributed by atoms with E-state index in [4.69, 9.17) is 9.52 Å². The molecule has 0 atom stereocenters. The number of nitrogens with one attached hydrogen (secondary N) is 1. The van der Waals surface area contributed by atoms with E-state index in [0.29, 0.717) is 5.76 Å². The summed E-state index contributed by atoms with van der Waals surface area (Å²) in [7, 11) is 0. The Hall–Kier alpha value is -2.63. The highest BCUT2D eigenvalue weighted by molar-refractivity contribution is 7.15. The summed E-state index contributed by atoms with van der Waals surface area (Å²) >= 11 is 1.69. The van der Waals surface area contributed by atoms with Gasteiger partial charge >= 0.3 is 0 Å². The van der Waals surface area contributed by atoms with Crippen LogP contribution in [0.4, 0.5) is 5.69 Å². The fraction of sp³-hybridized carbons (Fsp3) is 0.105. The third-order valence-corrected chi connectivity index (χ3v) is 4.81. The molecule has 0 bridgehead atoms. The summed E-state index contributed by atoms with van der Waals surface area (Å²) < 4.78 is 5.50. The number of aromatic nitrogens is 1. The van der Waals surface area contributed by atoms with E-state index in [2.05, 4.69) is 22.4 Å². The van der Waals surface area contributed by atoms with Crippen LogP contribution in [-0.4, -0.2) is 10.1 Å². The number of rotatable bonds is 5. The van der Waals surface area contributed by atoms with Crippen molar-refractivity contribution in [3.63, 3.8) is 0 Å². The minimum atomic E-state index is -0.0828. The number of thiazole rings is 1. The van der Waals surface area contributed by atoms with Crippen molar-refractivity contribution >= 4 is 28.0 Å². The lowest BCUT2D eigenvalue weighted by molar-refractivity contribution is 0.251. The molecule has 4 nitrogen and oxygen atoms in total. The molecule has 0 aliphatic heterocycles. The number of furan rings is 1. The van der Waals surface area contributed by atoms with Crippen LogP contribution >= 0.6 is 11.3 Å². The van der Waals surface area contributed by atoms with Crippen LogP contribution in [0.25, 0.3) is 21.5 Å². The van der Waals surface area contributed by atoms with Gasteiger partial charge in [-0.25, -0.2) is 4.98 Å². The first-order valence-electron chi connectivity index (χ1n) is 7.69. The van der Waals surface area contributed by atoms with Gasteiger partial charge in [0.05, 0.1) is 6.54 Å². The second-order valence-corrected chi connectivity index (χ2v) is 6.59. The molecule has 0 saturated carbocycles. The van der Waals surface area contributed by atoms with E-state index in [1.54, 1.807) is 11.3 Å². The molecule has 4 aromatic rings. The average molecular weight is 336 g/mol. The van der Waals surface area contributed by atoms with Crippen LogP contribution in [0.1, 0.15) is 10.6 Å². The third-order valence-electron chi connectivity index (χ3n) is 3.76. The number of aliphatic hydroxyl groups is 1. The lowest BCUT2D eigenvalue weighted by Crippen LogP contribution is -1.96. The van der Waals surface area contributed by atoms with E-state index < -0.39 is 0 Å². The summed E-state index contributed by atoms with van der Waals surface area (Å²) in [5.74, 6) is 0.581. The first kappa shape index (κ1) is 14.9. The monoisotopic (exact) mass is 336 g/mol. The van der Waals surface area contributed by atoms with Crippen LogP contribution in [-0.2, 0) is 13.2 Å². The second-order valence-electron chi connectivity index (χ2n) is 5.47. The summed E-state index contributed by atoms with van der Waals surface area (Å²) in [6, 6.07) is 18.0. The predicted octanol–water partition coefficient (Wildman–Crippen LogP) is 4.66. The van der Waals surface area contributed by atoms with Crippen molar-refractivity contribution in [2.24, 2.45) is 0 Å². The first-order valence-corrected chi connectivity index (χ1v) is 8.51. The molecule has 2 heterocycles. The minimum Gasteiger partial charge on any atom is -0.459 e. The summed E-state index contributed by atoms with van der Waals surface area (Å²) in [6.45, 7) is 0.640. The highest BCUT2D eigenvalue weighted by Crippen LogP contribution is 2.27. The van der Waals surface area contributed by atoms with Crippen molar-refractivity contribution < 1.29 is 9.52 Å². The van der Waals surface area contributed by atoms with E-state index >= 15 is 0 Å². The molecular formula is C19H16N2O2S. The lowest BCUT2D eigenvalue weighted by Gasteiger charge is -2.04. The van der Waals surface area contributed by atoms with Gasteiger partial charge in [0.1, 0.15) is 23.0 Å². The maximum absolute atomic E-state index is 9.14. The van der Waals surface area contributed by atoms with E-state index in [1.807, 2.05) is 48.7 Å². The zero-order chi connectivity index (χ0) is 16.4. The highest BCUT2D eigenvalue weighted by Gasteiger charge is 2.06. The van der Waals surface area contributed by atoms with Crippen LogP contribution in [0, 0.1) is 0 Å². The highest BCUT2D eigenvalue weighted by atomic mass is 32.1. The van der Waals surface area contributed by atoms with Crippen molar-refractivity contribution in [2.45, 2.75) is 13.2 Å². The second kappa shape index (κ2) is 6.47. The molecule has 5 heteroatoms. The molecule has 0 saturated heterocycles. The fourth-order valence-electron chi connectivity index (χ4n) is 2.58. The number of benzene rings is 2. The van der Waals surface area contributed by atoms with E-state index in [0.717, 1.165) is 33.8 Å². The Morgan fingerprint density at radius 1 is 1.08 bits per heavy atom. The van der Waals surface area contributed by atoms with Gasteiger partial charge in [0.2, 0.25) is 0 Å². The third kappa shape index (κ3) is 3.04. The Bertz CT molecular complexity index is 960. The van der Waals surface area contributed by atoms with Gasteiger partial charge in [-0.1, -0.05) is 30.3 Å². The molecule has 0 spiro atoms. The Kier molecular flexibility index (Phi) is 4.02. The van der Waals surface area contributed by atoms with Crippen molar-refractivity contribution in [3.8, 4) is 10.6 Å². The molecule has 2 N–H and O–H groups in total.